The Morgan fingerprint density at radius 3 is 2.44 bits per heavy atom. The summed E-state index contributed by atoms with van der Waals surface area (Å²) in [6.45, 7) is 0. The van der Waals surface area contributed by atoms with Crippen LogP contribution in [0.1, 0.15) is 39.4 Å². The van der Waals surface area contributed by atoms with E-state index >= 15 is 0 Å². The molecule has 5 heteroatoms. The first kappa shape index (κ1) is 16.8. The molecule has 0 fully saturated rings. The number of aryl methyl sites for hydroxylation is 1. The smallest absolute Gasteiger partial charge is 0.170 e. The summed E-state index contributed by atoms with van der Waals surface area (Å²) in [6.07, 6.45) is 1.44. The number of nitrogens with zero attached hydrogens (tertiary/aromatic N) is 1. The third-order valence-electron chi connectivity index (χ3n) is 4.63. The molecule has 1 aliphatic rings. The highest BCUT2D eigenvalue weighted by Gasteiger charge is 2.32. The van der Waals surface area contributed by atoms with Crippen LogP contribution in [0.5, 0.6) is 17.2 Å². The summed E-state index contributed by atoms with van der Waals surface area (Å²) in [7, 11) is 4.63. The zero-order valence-corrected chi connectivity index (χ0v) is 14.5. The van der Waals surface area contributed by atoms with E-state index in [1.54, 1.807) is 25.3 Å². The minimum absolute atomic E-state index is 0.00981. The van der Waals surface area contributed by atoms with Crippen molar-refractivity contribution >= 4 is 5.78 Å². The van der Waals surface area contributed by atoms with Crippen LogP contribution in [-0.4, -0.2) is 27.1 Å². The van der Waals surface area contributed by atoms with Gasteiger partial charge in [0.15, 0.2) is 5.78 Å². The number of rotatable bonds is 4. The Morgan fingerprint density at radius 2 is 1.80 bits per heavy atom. The van der Waals surface area contributed by atoms with Crippen molar-refractivity contribution in [2.75, 3.05) is 21.3 Å². The highest BCUT2D eigenvalue weighted by atomic mass is 16.5. The fourth-order valence-electron chi connectivity index (χ4n) is 3.36. The maximum Gasteiger partial charge on any atom is 0.170 e. The summed E-state index contributed by atoms with van der Waals surface area (Å²) in [5, 5.41) is 9.40. The van der Waals surface area contributed by atoms with Crippen molar-refractivity contribution in [2.24, 2.45) is 0 Å². The quantitative estimate of drug-likeness (QED) is 0.854. The van der Waals surface area contributed by atoms with Crippen molar-refractivity contribution in [1.82, 2.24) is 0 Å². The lowest BCUT2D eigenvalue weighted by atomic mass is 9.78. The standard InChI is InChI=1S/C20H19NO4/c1-23-14-6-4-12-5-7-16(19(22)17(12)9-14)18-10-15(24-2)8-13(11-21)20(18)25-3/h4,6,8-10,16H,5,7H2,1-3H3. The fraction of sp³-hybridized carbons (Fsp3) is 0.300. The van der Waals surface area contributed by atoms with E-state index in [0.717, 1.165) is 12.0 Å². The summed E-state index contributed by atoms with van der Waals surface area (Å²) in [6, 6.07) is 11.1. The summed E-state index contributed by atoms with van der Waals surface area (Å²) < 4.78 is 16.0. The van der Waals surface area contributed by atoms with Crippen LogP contribution in [0.2, 0.25) is 0 Å². The van der Waals surface area contributed by atoms with Crippen molar-refractivity contribution in [3.05, 3.63) is 52.6 Å². The number of hydrogen-bond acceptors (Lipinski definition) is 5. The predicted molar refractivity (Wildman–Crippen MR) is 92.6 cm³/mol. The fourth-order valence-corrected chi connectivity index (χ4v) is 3.36. The van der Waals surface area contributed by atoms with Gasteiger partial charge in [0.2, 0.25) is 0 Å². The lowest BCUT2D eigenvalue weighted by Gasteiger charge is -2.26. The number of carbonyl (C=O) groups is 1. The molecule has 0 aromatic heterocycles. The van der Waals surface area contributed by atoms with Gasteiger partial charge in [-0.1, -0.05) is 6.07 Å². The van der Waals surface area contributed by atoms with Gasteiger partial charge in [-0.15, -0.1) is 0 Å². The Morgan fingerprint density at radius 1 is 1.04 bits per heavy atom. The number of nitriles is 1. The molecule has 0 saturated carbocycles. The van der Waals surface area contributed by atoms with Gasteiger partial charge >= 0.3 is 0 Å². The molecule has 25 heavy (non-hydrogen) atoms. The van der Waals surface area contributed by atoms with Gasteiger partial charge in [-0.2, -0.15) is 5.26 Å². The number of fused-ring (bicyclic) bond motifs is 1. The number of hydrogen-bond donors (Lipinski definition) is 0. The van der Waals surface area contributed by atoms with Crippen molar-refractivity contribution in [2.45, 2.75) is 18.8 Å². The van der Waals surface area contributed by atoms with E-state index in [2.05, 4.69) is 6.07 Å². The molecule has 1 atom stereocenters. The minimum Gasteiger partial charge on any atom is -0.497 e. The first-order chi connectivity index (χ1) is 12.1. The molecule has 5 nitrogen and oxygen atoms in total. The largest absolute Gasteiger partial charge is 0.497 e. The SMILES string of the molecule is COc1ccc2c(c1)C(=O)C(c1cc(OC)cc(C#N)c1OC)CC2. The van der Waals surface area contributed by atoms with Gasteiger partial charge in [-0.25, -0.2) is 0 Å². The van der Waals surface area contributed by atoms with Gasteiger partial charge < -0.3 is 14.2 Å². The second-order valence-electron chi connectivity index (χ2n) is 5.89. The van der Waals surface area contributed by atoms with Crippen LogP contribution in [0.25, 0.3) is 0 Å². The van der Waals surface area contributed by atoms with Crippen LogP contribution in [0, 0.1) is 11.3 Å². The Balaban J connectivity index is 2.11. The average Bonchev–Trinajstić information content (AvgIpc) is 2.66. The third-order valence-corrected chi connectivity index (χ3v) is 4.63. The topological polar surface area (TPSA) is 68.5 Å². The van der Waals surface area contributed by atoms with Crippen LogP contribution < -0.4 is 14.2 Å². The first-order valence-electron chi connectivity index (χ1n) is 8.00. The second kappa shape index (κ2) is 6.86. The van der Waals surface area contributed by atoms with Gasteiger partial charge in [0.05, 0.1) is 32.8 Å². The molecule has 0 spiro atoms. The van der Waals surface area contributed by atoms with E-state index < -0.39 is 0 Å². The summed E-state index contributed by atoms with van der Waals surface area (Å²) in [5.41, 5.74) is 2.74. The van der Waals surface area contributed by atoms with Crippen LogP contribution in [-0.2, 0) is 6.42 Å². The third kappa shape index (κ3) is 2.91. The van der Waals surface area contributed by atoms with E-state index in [-0.39, 0.29) is 11.7 Å². The molecule has 0 saturated heterocycles. The lowest BCUT2D eigenvalue weighted by molar-refractivity contribution is 0.0944. The van der Waals surface area contributed by atoms with E-state index in [0.29, 0.717) is 40.4 Å². The highest BCUT2D eigenvalue weighted by molar-refractivity contribution is 6.04. The van der Waals surface area contributed by atoms with Crippen molar-refractivity contribution < 1.29 is 19.0 Å². The van der Waals surface area contributed by atoms with Gasteiger partial charge in [-0.3, -0.25) is 4.79 Å². The summed E-state index contributed by atoms with van der Waals surface area (Å²) in [4.78, 5) is 13.1. The van der Waals surface area contributed by atoms with Crippen molar-refractivity contribution in [3.63, 3.8) is 0 Å². The molecule has 2 aromatic rings. The van der Waals surface area contributed by atoms with Crippen LogP contribution in [0.3, 0.4) is 0 Å². The average molecular weight is 337 g/mol. The normalized spacial score (nSPS) is 15.9. The first-order valence-corrected chi connectivity index (χ1v) is 8.00. The number of benzene rings is 2. The van der Waals surface area contributed by atoms with E-state index in [9.17, 15) is 10.1 Å². The molecule has 0 amide bonds. The molecule has 0 aliphatic heterocycles. The zero-order chi connectivity index (χ0) is 18.0. The Hall–Kier alpha value is -3.00. The number of ketones is 1. The van der Waals surface area contributed by atoms with E-state index in [4.69, 9.17) is 14.2 Å². The molecule has 0 heterocycles. The monoisotopic (exact) mass is 337 g/mol. The maximum atomic E-state index is 13.1. The van der Waals surface area contributed by atoms with Crippen LogP contribution >= 0.6 is 0 Å². The molecule has 3 rings (SSSR count). The maximum absolute atomic E-state index is 13.1. The van der Waals surface area contributed by atoms with Gasteiger partial charge in [0.25, 0.3) is 0 Å². The molecule has 0 radical (unpaired) electrons. The van der Waals surface area contributed by atoms with Gasteiger partial charge in [-0.05, 0) is 36.6 Å². The molecule has 1 aliphatic carbocycles. The molecule has 1 unspecified atom stereocenters. The van der Waals surface area contributed by atoms with Crippen molar-refractivity contribution in [1.29, 1.82) is 5.26 Å². The highest BCUT2D eigenvalue weighted by Crippen LogP contribution is 2.41. The number of carbonyl (C=O) groups excluding carboxylic acids is 1. The number of methoxy groups -OCH3 is 3. The molecule has 2 aromatic carbocycles. The predicted octanol–water partition coefficient (Wildman–Crippen LogP) is 3.50. The number of Topliss-reactive ketones (excluding diaryl/α,β-unsaturated/α-hetero) is 1. The molecule has 0 N–H and O–H groups in total. The molecule has 0 bridgehead atoms. The second-order valence-corrected chi connectivity index (χ2v) is 5.89. The lowest BCUT2D eigenvalue weighted by Crippen LogP contribution is -2.22. The molecular weight excluding hydrogens is 318 g/mol. The Labute approximate surface area is 146 Å². The number of ether oxygens (including phenoxy) is 3. The van der Waals surface area contributed by atoms with Crippen LogP contribution in [0.15, 0.2) is 30.3 Å². The summed E-state index contributed by atoms with van der Waals surface area (Å²) >= 11 is 0. The van der Waals surface area contributed by atoms with Crippen LogP contribution in [0.4, 0.5) is 0 Å². The van der Waals surface area contributed by atoms with E-state index in [1.807, 2.05) is 12.1 Å². The van der Waals surface area contributed by atoms with E-state index in [1.165, 1.54) is 14.2 Å². The summed E-state index contributed by atoms with van der Waals surface area (Å²) in [5.74, 6) is 1.26. The minimum atomic E-state index is -0.378. The Kier molecular flexibility index (Phi) is 4.62. The van der Waals surface area contributed by atoms with Gasteiger partial charge in [0, 0.05) is 17.2 Å². The Bertz CT molecular complexity index is 867. The molecule has 128 valence electrons. The van der Waals surface area contributed by atoms with Gasteiger partial charge in [0.1, 0.15) is 23.3 Å². The van der Waals surface area contributed by atoms with Crippen molar-refractivity contribution in [3.8, 4) is 23.3 Å². The zero-order valence-electron chi connectivity index (χ0n) is 14.5. The molecular formula is C20H19NO4.